The van der Waals surface area contributed by atoms with E-state index in [1.807, 2.05) is 13.8 Å². The predicted octanol–water partition coefficient (Wildman–Crippen LogP) is 4.07. The van der Waals surface area contributed by atoms with Crippen molar-refractivity contribution in [3.05, 3.63) is 46.6 Å². The van der Waals surface area contributed by atoms with Crippen LogP contribution in [-0.2, 0) is 9.05 Å². The molecule has 0 aliphatic rings. The third kappa shape index (κ3) is 3.42. The molecule has 1 aromatic heterocycles. The minimum atomic E-state index is -3.78. The Balaban J connectivity index is 2.32. The van der Waals surface area contributed by atoms with Crippen LogP contribution in [0, 0.1) is 13.8 Å². The molecule has 7 heteroatoms. The zero-order valence-electron chi connectivity index (χ0n) is 10.7. The van der Waals surface area contributed by atoms with Gasteiger partial charge in [-0.1, -0.05) is 11.6 Å². The Morgan fingerprint density at radius 2 is 1.75 bits per heavy atom. The molecule has 0 radical (unpaired) electrons. The van der Waals surface area contributed by atoms with Crippen molar-refractivity contribution < 1.29 is 13.2 Å². The van der Waals surface area contributed by atoms with E-state index in [1.165, 1.54) is 12.1 Å². The second-order valence-electron chi connectivity index (χ2n) is 4.24. The molecule has 1 heterocycles. The molecule has 20 heavy (non-hydrogen) atoms. The lowest BCUT2D eigenvalue weighted by Gasteiger charge is -2.11. The van der Waals surface area contributed by atoms with Gasteiger partial charge in [0, 0.05) is 21.8 Å². The molecule has 106 valence electrons. The molecular formula is C13H11Cl2NO3S. The van der Waals surface area contributed by atoms with Gasteiger partial charge < -0.3 is 4.74 Å². The largest absolute Gasteiger partial charge is 0.438 e. The summed E-state index contributed by atoms with van der Waals surface area (Å²) in [6.07, 6.45) is 1.15. The van der Waals surface area contributed by atoms with Crippen LogP contribution in [0.2, 0.25) is 5.02 Å². The molecule has 0 fully saturated rings. The summed E-state index contributed by atoms with van der Waals surface area (Å²) in [6.45, 7) is 3.73. The summed E-state index contributed by atoms with van der Waals surface area (Å²) in [5, 5.41) is 0.629. The second kappa shape index (κ2) is 5.60. The van der Waals surface area contributed by atoms with Crippen molar-refractivity contribution in [1.82, 2.24) is 4.98 Å². The van der Waals surface area contributed by atoms with Crippen LogP contribution in [0.1, 0.15) is 11.1 Å². The fourth-order valence-electron chi connectivity index (χ4n) is 1.73. The van der Waals surface area contributed by atoms with E-state index in [1.54, 1.807) is 12.1 Å². The smallest absolute Gasteiger partial charge is 0.262 e. The summed E-state index contributed by atoms with van der Waals surface area (Å²) in [4.78, 5) is 3.85. The van der Waals surface area contributed by atoms with Crippen LogP contribution in [-0.4, -0.2) is 13.4 Å². The van der Waals surface area contributed by atoms with Crippen LogP contribution in [0.15, 0.2) is 35.4 Å². The number of hydrogen-bond acceptors (Lipinski definition) is 4. The fourth-order valence-corrected chi connectivity index (χ4v) is 2.74. The molecule has 0 aliphatic heterocycles. The Labute approximate surface area is 126 Å². The van der Waals surface area contributed by atoms with Crippen molar-refractivity contribution in [2.45, 2.75) is 18.7 Å². The van der Waals surface area contributed by atoms with E-state index in [2.05, 4.69) is 4.98 Å². The maximum absolute atomic E-state index is 11.1. The fraction of sp³-hybridized carbons (Fsp3) is 0.154. The monoisotopic (exact) mass is 331 g/mol. The second-order valence-corrected chi connectivity index (χ2v) is 7.24. The molecule has 0 N–H and O–H groups in total. The highest BCUT2D eigenvalue weighted by atomic mass is 35.7. The summed E-state index contributed by atoms with van der Waals surface area (Å²) in [5.41, 5.74) is 1.73. The Kier molecular flexibility index (Phi) is 4.22. The lowest BCUT2D eigenvalue weighted by Crippen LogP contribution is -1.96. The third-order valence-electron chi connectivity index (χ3n) is 2.62. The van der Waals surface area contributed by atoms with Gasteiger partial charge in [-0.3, -0.25) is 0 Å². The van der Waals surface area contributed by atoms with Gasteiger partial charge in [0.15, 0.2) is 0 Å². The first-order chi connectivity index (χ1) is 9.27. The first-order valence-corrected chi connectivity index (χ1v) is 8.31. The van der Waals surface area contributed by atoms with E-state index in [4.69, 9.17) is 27.0 Å². The zero-order valence-corrected chi connectivity index (χ0v) is 13.1. The van der Waals surface area contributed by atoms with Crippen molar-refractivity contribution in [2.24, 2.45) is 0 Å². The van der Waals surface area contributed by atoms with Crippen molar-refractivity contribution in [3.8, 4) is 11.6 Å². The van der Waals surface area contributed by atoms with Gasteiger partial charge in [-0.25, -0.2) is 13.4 Å². The Morgan fingerprint density at radius 3 is 2.20 bits per heavy atom. The number of aryl methyl sites for hydroxylation is 2. The van der Waals surface area contributed by atoms with Gasteiger partial charge in [-0.2, -0.15) is 0 Å². The molecule has 0 atom stereocenters. The van der Waals surface area contributed by atoms with Crippen LogP contribution < -0.4 is 4.74 Å². The van der Waals surface area contributed by atoms with E-state index < -0.39 is 9.05 Å². The van der Waals surface area contributed by atoms with Crippen molar-refractivity contribution in [2.75, 3.05) is 0 Å². The molecule has 0 spiro atoms. The molecule has 0 unspecified atom stereocenters. The van der Waals surface area contributed by atoms with E-state index in [-0.39, 0.29) is 10.8 Å². The first kappa shape index (κ1) is 15.1. The molecular weight excluding hydrogens is 321 g/mol. The highest BCUT2D eigenvalue weighted by molar-refractivity contribution is 8.13. The van der Waals surface area contributed by atoms with Gasteiger partial charge in [0.1, 0.15) is 10.6 Å². The standard InChI is InChI=1S/C13H11Cl2NO3S/c1-8-5-10(14)6-9(2)13(8)19-12-4-3-11(7-16-12)20(15,17)18/h3-7H,1-2H3. The summed E-state index contributed by atoms with van der Waals surface area (Å²) in [6, 6.07) is 6.34. The number of hydrogen-bond donors (Lipinski definition) is 0. The molecule has 2 aromatic rings. The van der Waals surface area contributed by atoms with Gasteiger partial charge in [-0.05, 0) is 43.2 Å². The summed E-state index contributed by atoms with van der Waals surface area (Å²) >= 11 is 5.94. The number of benzene rings is 1. The number of pyridine rings is 1. The molecule has 0 aliphatic carbocycles. The minimum Gasteiger partial charge on any atom is -0.438 e. The van der Waals surface area contributed by atoms with Gasteiger partial charge in [0.2, 0.25) is 5.88 Å². The molecule has 0 saturated heterocycles. The first-order valence-electron chi connectivity index (χ1n) is 5.62. The Bertz CT molecular complexity index is 720. The molecule has 4 nitrogen and oxygen atoms in total. The minimum absolute atomic E-state index is 0.0731. The molecule has 1 aromatic carbocycles. The van der Waals surface area contributed by atoms with Crippen LogP contribution in [0.4, 0.5) is 0 Å². The van der Waals surface area contributed by atoms with Gasteiger partial charge in [0.25, 0.3) is 9.05 Å². The van der Waals surface area contributed by atoms with Crippen LogP contribution in [0.5, 0.6) is 11.6 Å². The molecule has 0 amide bonds. The lowest BCUT2D eigenvalue weighted by molar-refractivity contribution is 0.455. The van der Waals surface area contributed by atoms with Crippen LogP contribution >= 0.6 is 22.3 Å². The van der Waals surface area contributed by atoms with Gasteiger partial charge in [-0.15, -0.1) is 0 Å². The molecule has 0 saturated carbocycles. The van der Waals surface area contributed by atoms with Crippen LogP contribution in [0.25, 0.3) is 0 Å². The van der Waals surface area contributed by atoms with Gasteiger partial charge >= 0.3 is 0 Å². The van der Waals surface area contributed by atoms with E-state index in [0.29, 0.717) is 10.8 Å². The van der Waals surface area contributed by atoms with E-state index in [9.17, 15) is 8.42 Å². The lowest BCUT2D eigenvalue weighted by atomic mass is 10.1. The van der Waals surface area contributed by atoms with Crippen molar-refractivity contribution >= 4 is 31.3 Å². The van der Waals surface area contributed by atoms with Crippen molar-refractivity contribution in [3.63, 3.8) is 0 Å². The Hall–Kier alpha value is -1.30. The summed E-state index contributed by atoms with van der Waals surface area (Å²) in [5.74, 6) is 0.922. The number of halogens is 2. The molecule has 0 bridgehead atoms. The highest BCUT2D eigenvalue weighted by Gasteiger charge is 2.12. The highest BCUT2D eigenvalue weighted by Crippen LogP contribution is 2.30. The third-order valence-corrected chi connectivity index (χ3v) is 4.18. The Morgan fingerprint density at radius 1 is 1.15 bits per heavy atom. The van der Waals surface area contributed by atoms with Gasteiger partial charge in [0.05, 0.1) is 6.20 Å². The average molecular weight is 332 g/mol. The SMILES string of the molecule is Cc1cc(Cl)cc(C)c1Oc1ccc(S(=O)(=O)Cl)cn1. The summed E-state index contributed by atoms with van der Waals surface area (Å²) < 4.78 is 27.9. The quantitative estimate of drug-likeness (QED) is 0.795. The van der Waals surface area contributed by atoms with E-state index >= 15 is 0 Å². The predicted molar refractivity (Wildman–Crippen MR) is 78.3 cm³/mol. The normalized spacial score (nSPS) is 11.4. The van der Waals surface area contributed by atoms with Crippen LogP contribution in [0.3, 0.4) is 0 Å². The summed E-state index contributed by atoms with van der Waals surface area (Å²) in [7, 11) is 1.44. The number of aromatic nitrogens is 1. The number of nitrogens with zero attached hydrogens (tertiary/aromatic N) is 1. The maximum Gasteiger partial charge on any atom is 0.262 e. The molecule has 2 rings (SSSR count). The average Bonchev–Trinajstić information content (AvgIpc) is 2.33. The topological polar surface area (TPSA) is 56.3 Å². The number of rotatable bonds is 3. The number of ether oxygens (including phenoxy) is 1. The maximum atomic E-state index is 11.1. The van der Waals surface area contributed by atoms with Crippen molar-refractivity contribution in [1.29, 1.82) is 0 Å². The van der Waals surface area contributed by atoms with E-state index in [0.717, 1.165) is 17.3 Å². The zero-order chi connectivity index (χ0) is 14.9.